The largest absolute Gasteiger partial charge is 0.313 e. The Morgan fingerprint density at radius 2 is 1.72 bits per heavy atom. The molecule has 106 valence electrons. The molecule has 2 aliphatic heterocycles. The maximum absolute atomic E-state index is 3.84. The molecular weight excluding hydrogens is 222 g/mol. The zero-order valence-electron chi connectivity index (χ0n) is 12.9. The summed E-state index contributed by atoms with van der Waals surface area (Å²) in [6.45, 7) is 7.02. The molecule has 2 atom stereocenters. The van der Waals surface area contributed by atoms with E-state index in [4.69, 9.17) is 0 Å². The van der Waals surface area contributed by atoms with E-state index in [0.29, 0.717) is 5.41 Å². The van der Waals surface area contributed by atoms with Crippen molar-refractivity contribution in [3.8, 4) is 0 Å². The van der Waals surface area contributed by atoms with E-state index in [0.717, 1.165) is 31.2 Å². The van der Waals surface area contributed by atoms with Gasteiger partial charge in [-0.2, -0.15) is 0 Å². The smallest absolute Gasteiger partial charge is 0.0111 e. The van der Waals surface area contributed by atoms with Gasteiger partial charge < -0.3 is 15.1 Å². The van der Waals surface area contributed by atoms with Crippen LogP contribution in [0, 0.1) is 5.41 Å². The Bertz CT molecular complexity index is 261. The highest BCUT2D eigenvalue weighted by atomic mass is 15.2. The van der Waals surface area contributed by atoms with Crippen LogP contribution in [0.4, 0.5) is 0 Å². The van der Waals surface area contributed by atoms with Crippen molar-refractivity contribution in [2.45, 2.75) is 57.7 Å². The molecule has 0 amide bonds. The maximum atomic E-state index is 3.84. The van der Waals surface area contributed by atoms with Crippen molar-refractivity contribution in [2.24, 2.45) is 5.41 Å². The third-order valence-electron chi connectivity index (χ3n) is 4.71. The van der Waals surface area contributed by atoms with Gasteiger partial charge in [-0.25, -0.2) is 0 Å². The molecule has 1 N–H and O–H groups in total. The van der Waals surface area contributed by atoms with Gasteiger partial charge in [0.25, 0.3) is 0 Å². The van der Waals surface area contributed by atoms with Crippen molar-refractivity contribution in [1.82, 2.24) is 15.1 Å². The molecule has 2 fully saturated rings. The lowest BCUT2D eigenvalue weighted by molar-refractivity contribution is 0.137. The molecule has 2 bridgehead atoms. The van der Waals surface area contributed by atoms with Crippen molar-refractivity contribution in [1.29, 1.82) is 0 Å². The van der Waals surface area contributed by atoms with Crippen LogP contribution in [0.1, 0.15) is 39.5 Å². The van der Waals surface area contributed by atoms with Gasteiger partial charge >= 0.3 is 0 Å². The van der Waals surface area contributed by atoms with Gasteiger partial charge in [-0.1, -0.05) is 13.8 Å². The van der Waals surface area contributed by atoms with Gasteiger partial charge in [0.2, 0.25) is 0 Å². The molecule has 2 unspecified atom stereocenters. The lowest BCUT2D eigenvalue weighted by Gasteiger charge is -2.38. The van der Waals surface area contributed by atoms with Crippen molar-refractivity contribution in [3.63, 3.8) is 0 Å². The van der Waals surface area contributed by atoms with Crippen LogP contribution in [-0.2, 0) is 0 Å². The molecule has 3 nitrogen and oxygen atoms in total. The summed E-state index contributed by atoms with van der Waals surface area (Å²) in [5.41, 5.74) is 0.367. The summed E-state index contributed by atoms with van der Waals surface area (Å²) in [5.74, 6) is 0. The predicted octanol–water partition coefficient (Wildman–Crippen LogP) is 1.79. The number of piperidine rings is 1. The van der Waals surface area contributed by atoms with Crippen LogP contribution in [0.25, 0.3) is 0 Å². The first-order valence-corrected chi connectivity index (χ1v) is 7.47. The lowest BCUT2D eigenvalue weighted by atomic mass is 9.91. The van der Waals surface area contributed by atoms with Crippen LogP contribution in [0.5, 0.6) is 0 Å². The first kappa shape index (κ1) is 14.3. The molecule has 2 heterocycles. The van der Waals surface area contributed by atoms with Gasteiger partial charge in [-0.3, -0.25) is 0 Å². The Morgan fingerprint density at radius 3 is 2.22 bits per heavy atom. The molecular formula is C15H31N3. The number of hydrogen-bond donors (Lipinski definition) is 1. The Morgan fingerprint density at radius 1 is 1.17 bits per heavy atom. The van der Waals surface area contributed by atoms with Crippen LogP contribution in [0.15, 0.2) is 0 Å². The number of fused-ring (bicyclic) bond motifs is 2. The quantitative estimate of drug-likeness (QED) is 0.806. The number of nitrogens with one attached hydrogen (secondary N) is 1. The second-order valence-electron chi connectivity index (χ2n) is 7.50. The van der Waals surface area contributed by atoms with Crippen molar-refractivity contribution >= 4 is 0 Å². The molecule has 2 aliphatic rings. The van der Waals surface area contributed by atoms with Gasteiger partial charge in [0.05, 0.1) is 0 Å². The summed E-state index contributed by atoms with van der Waals surface area (Å²) in [6.07, 6.45) is 5.54. The molecule has 0 spiro atoms. The third kappa shape index (κ3) is 3.46. The highest BCUT2D eigenvalue weighted by Gasteiger charge is 2.38. The standard InChI is InChI=1S/C15H31N3/c1-15(2,11-17(3)4)10-16-12-8-13-6-7-14(9-12)18(13)5/h12-14,16H,6-11H2,1-5H3. The summed E-state index contributed by atoms with van der Waals surface area (Å²) in [7, 11) is 6.64. The fourth-order valence-corrected chi connectivity index (χ4v) is 3.91. The fraction of sp³-hybridized carbons (Fsp3) is 1.00. The highest BCUT2D eigenvalue weighted by Crippen LogP contribution is 2.34. The van der Waals surface area contributed by atoms with Crippen LogP contribution in [0.3, 0.4) is 0 Å². The molecule has 0 aromatic heterocycles. The second-order valence-corrected chi connectivity index (χ2v) is 7.50. The second kappa shape index (κ2) is 5.48. The minimum absolute atomic E-state index is 0.367. The Balaban J connectivity index is 1.78. The topological polar surface area (TPSA) is 18.5 Å². The summed E-state index contributed by atoms with van der Waals surface area (Å²) in [5, 5.41) is 3.84. The zero-order chi connectivity index (χ0) is 13.3. The van der Waals surface area contributed by atoms with Crippen LogP contribution in [-0.4, -0.2) is 62.2 Å². The minimum Gasteiger partial charge on any atom is -0.313 e. The first-order chi connectivity index (χ1) is 8.37. The Hall–Kier alpha value is -0.120. The van der Waals surface area contributed by atoms with Gasteiger partial charge in [0.15, 0.2) is 0 Å². The summed E-state index contributed by atoms with van der Waals surface area (Å²) >= 11 is 0. The van der Waals surface area contributed by atoms with E-state index in [9.17, 15) is 0 Å². The van der Waals surface area contributed by atoms with E-state index >= 15 is 0 Å². The minimum atomic E-state index is 0.367. The summed E-state index contributed by atoms with van der Waals surface area (Å²) in [4.78, 5) is 4.91. The van der Waals surface area contributed by atoms with Gasteiger partial charge in [-0.05, 0) is 52.2 Å². The van der Waals surface area contributed by atoms with Crippen molar-refractivity contribution in [3.05, 3.63) is 0 Å². The van der Waals surface area contributed by atoms with E-state index in [-0.39, 0.29) is 0 Å². The fourth-order valence-electron chi connectivity index (χ4n) is 3.91. The Kier molecular flexibility index (Phi) is 4.35. The van der Waals surface area contributed by atoms with Crippen LogP contribution in [0.2, 0.25) is 0 Å². The van der Waals surface area contributed by atoms with Crippen LogP contribution < -0.4 is 5.32 Å². The normalized spacial score (nSPS) is 33.3. The number of hydrogen-bond acceptors (Lipinski definition) is 3. The van der Waals surface area contributed by atoms with E-state index < -0.39 is 0 Å². The van der Waals surface area contributed by atoms with Gasteiger partial charge in [0.1, 0.15) is 0 Å². The first-order valence-electron chi connectivity index (χ1n) is 7.47. The molecule has 0 radical (unpaired) electrons. The van der Waals surface area contributed by atoms with Crippen molar-refractivity contribution in [2.75, 3.05) is 34.2 Å². The predicted molar refractivity (Wildman–Crippen MR) is 77.9 cm³/mol. The third-order valence-corrected chi connectivity index (χ3v) is 4.71. The monoisotopic (exact) mass is 253 g/mol. The van der Waals surface area contributed by atoms with Crippen molar-refractivity contribution < 1.29 is 0 Å². The van der Waals surface area contributed by atoms with Gasteiger partial charge in [-0.15, -0.1) is 0 Å². The molecule has 3 heteroatoms. The lowest BCUT2D eigenvalue weighted by Crippen LogP contribution is -2.49. The average Bonchev–Trinajstić information content (AvgIpc) is 2.50. The van der Waals surface area contributed by atoms with Gasteiger partial charge in [0, 0.05) is 31.2 Å². The van der Waals surface area contributed by atoms with E-state index in [1.54, 1.807) is 0 Å². The number of rotatable bonds is 5. The molecule has 2 saturated heterocycles. The highest BCUT2D eigenvalue weighted by molar-refractivity contribution is 4.96. The average molecular weight is 253 g/mol. The number of nitrogens with zero attached hydrogens (tertiary/aromatic N) is 2. The molecule has 2 rings (SSSR count). The Labute approximate surface area is 113 Å². The van der Waals surface area contributed by atoms with E-state index in [1.165, 1.54) is 25.7 Å². The van der Waals surface area contributed by atoms with Crippen LogP contribution >= 0.6 is 0 Å². The summed E-state index contributed by atoms with van der Waals surface area (Å²) < 4.78 is 0. The molecule has 0 saturated carbocycles. The summed E-state index contributed by atoms with van der Waals surface area (Å²) in [6, 6.07) is 2.44. The molecule has 0 aromatic rings. The maximum Gasteiger partial charge on any atom is 0.0111 e. The van der Waals surface area contributed by atoms with E-state index in [1.807, 2.05) is 0 Å². The molecule has 0 aromatic carbocycles. The molecule has 0 aliphatic carbocycles. The van der Waals surface area contributed by atoms with E-state index in [2.05, 4.69) is 50.1 Å². The molecule has 18 heavy (non-hydrogen) atoms. The SMILES string of the molecule is CN(C)CC(C)(C)CNC1CC2CCC(C1)N2C. The zero-order valence-corrected chi connectivity index (χ0v) is 12.9.